The van der Waals surface area contributed by atoms with Crippen LogP contribution in [-0.4, -0.2) is 11.0 Å². The number of carbonyl (C=O) groups excluding carboxylic acids is 1. The van der Waals surface area contributed by atoms with Gasteiger partial charge in [0.1, 0.15) is 11.3 Å². The standard InChI is InChI=1S/C16H9BrClNO4/c17-8-1-4-10(5-2-8)19-15(21)13-14(20)11-6-3-9(18)7-12(11)23-16(13)22/h1-7,20H,(H,19,21). The highest BCUT2D eigenvalue weighted by Crippen LogP contribution is 2.28. The second-order valence-electron chi connectivity index (χ2n) is 4.71. The second kappa shape index (κ2) is 6.06. The number of nitrogens with one attached hydrogen (secondary N) is 1. The maximum atomic E-state index is 12.3. The number of carbonyl (C=O) groups is 1. The lowest BCUT2D eigenvalue weighted by Gasteiger charge is -2.08. The minimum absolute atomic E-state index is 0.111. The molecule has 0 spiro atoms. The Bertz CT molecular complexity index is 966. The van der Waals surface area contributed by atoms with E-state index >= 15 is 0 Å². The fourth-order valence-corrected chi connectivity index (χ4v) is 2.51. The average molecular weight is 395 g/mol. The molecule has 0 aliphatic rings. The van der Waals surface area contributed by atoms with Gasteiger partial charge in [0.05, 0.1) is 5.39 Å². The van der Waals surface area contributed by atoms with Crippen molar-refractivity contribution in [3.05, 3.63) is 67.9 Å². The molecule has 0 atom stereocenters. The average Bonchev–Trinajstić information content (AvgIpc) is 2.49. The van der Waals surface area contributed by atoms with Crippen molar-refractivity contribution in [2.24, 2.45) is 0 Å². The van der Waals surface area contributed by atoms with Crippen LogP contribution >= 0.6 is 27.5 Å². The van der Waals surface area contributed by atoms with Crippen LogP contribution < -0.4 is 10.9 Å². The highest BCUT2D eigenvalue weighted by molar-refractivity contribution is 9.10. The summed E-state index contributed by atoms with van der Waals surface area (Å²) in [5.41, 5.74) is -0.803. The summed E-state index contributed by atoms with van der Waals surface area (Å²) in [4.78, 5) is 24.3. The molecule has 7 heteroatoms. The Labute approximate surface area is 143 Å². The van der Waals surface area contributed by atoms with E-state index in [-0.39, 0.29) is 11.0 Å². The maximum Gasteiger partial charge on any atom is 0.353 e. The van der Waals surface area contributed by atoms with Crippen molar-refractivity contribution in [2.75, 3.05) is 5.32 Å². The highest BCUT2D eigenvalue weighted by Gasteiger charge is 2.21. The lowest BCUT2D eigenvalue weighted by atomic mass is 10.1. The Balaban J connectivity index is 2.05. The Kier molecular flexibility index (Phi) is 4.11. The zero-order chi connectivity index (χ0) is 16.6. The van der Waals surface area contributed by atoms with E-state index in [2.05, 4.69) is 21.2 Å². The van der Waals surface area contributed by atoms with Crippen LogP contribution in [0.2, 0.25) is 5.02 Å². The van der Waals surface area contributed by atoms with Gasteiger partial charge in [-0.3, -0.25) is 4.79 Å². The number of rotatable bonds is 2. The zero-order valence-electron chi connectivity index (χ0n) is 11.5. The molecule has 1 amide bonds. The molecule has 0 fully saturated rings. The van der Waals surface area contributed by atoms with Crippen molar-refractivity contribution in [2.45, 2.75) is 0 Å². The summed E-state index contributed by atoms with van der Waals surface area (Å²) in [7, 11) is 0. The van der Waals surface area contributed by atoms with Gasteiger partial charge in [-0.05, 0) is 36.4 Å². The van der Waals surface area contributed by atoms with Gasteiger partial charge in [0.25, 0.3) is 5.91 Å². The molecule has 23 heavy (non-hydrogen) atoms. The van der Waals surface area contributed by atoms with E-state index in [4.69, 9.17) is 16.0 Å². The van der Waals surface area contributed by atoms with Crippen LogP contribution in [0.15, 0.2) is 56.1 Å². The third-order valence-electron chi connectivity index (χ3n) is 3.17. The molecular weight excluding hydrogens is 386 g/mol. The number of fused-ring (bicyclic) bond motifs is 1. The fraction of sp³-hybridized carbons (Fsp3) is 0. The van der Waals surface area contributed by atoms with Gasteiger partial charge in [0.2, 0.25) is 0 Å². The topological polar surface area (TPSA) is 79.5 Å². The molecule has 3 rings (SSSR count). The molecule has 0 unspecified atom stereocenters. The molecule has 2 N–H and O–H groups in total. The van der Waals surface area contributed by atoms with Crippen LogP contribution in [0.4, 0.5) is 5.69 Å². The van der Waals surface area contributed by atoms with Gasteiger partial charge in [0.15, 0.2) is 5.56 Å². The van der Waals surface area contributed by atoms with Crippen LogP contribution in [0.1, 0.15) is 10.4 Å². The Morgan fingerprint density at radius 2 is 1.87 bits per heavy atom. The molecule has 0 aliphatic carbocycles. The minimum atomic E-state index is -0.938. The molecule has 0 aliphatic heterocycles. The number of amides is 1. The number of benzene rings is 2. The van der Waals surface area contributed by atoms with Crippen molar-refractivity contribution >= 4 is 50.1 Å². The molecule has 5 nitrogen and oxygen atoms in total. The minimum Gasteiger partial charge on any atom is -0.506 e. The van der Waals surface area contributed by atoms with E-state index in [9.17, 15) is 14.7 Å². The third kappa shape index (κ3) is 3.09. The van der Waals surface area contributed by atoms with Gasteiger partial charge in [-0.2, -0.15) is 0 Å². The lowest BCUT2D eigenvalue weighted by molar-refractivity contribution is 0.102. The quantitative estimate of drug-likeness (QED) is 0.640. The highest BCUT2D eigenvalue weighted by atomic mass is 79.9. The van der Waals surface area contributed by atoms with Crippen molar-refractivity contribution < 1.29 is 14.3 Å². The smallest absolute Gasteiger partial charge is 0.353 e. The summed E-state index contributed by atoms with van der Waals surface area (Å²) in [6.45, 7) is 0. The predicted molar refractivity (Wildman–Crippen MR) is 91.3 cm³/mol. The molecule has 0 bridgehead atoms. The monoisotopic (exact) mass is 393 g/mol. The Morgan fingerprint density at radius 3 is 2.57 bits per heavy atom. The van der Waals surface area contributed by atoms with Crippen LogP contribution in [0, 0.1) is 0 Å². The van der Waals surface area contributed by atoms with E-state index < -0.39 is 22.8 Å². The van der Waals surface area contributed by atoms with Gasteiger partial charge in [-0.25, -0.2) is 4.79 Å². The summed E-state index contributed by atoms with van der Waals surface area (Å²) >= 11 is 9.10. The summed E-state index contributed by atoms with van der Waals surface area (Å²) in [6.07, 6.45) is 0. The predicted octanol–water partition coefficient (Wildman–Crippen LogP) is 4.17. The summed E-state index contributed by atoms with van der Waals surface area (Å²) in [5, 5.41) is 13.4. The van der Waals surface area contributed by atoms with Crippen molar-refractivity contribution in [1.82, 2.24) is 0 Å². The van der Waals surface area contributed by atoms with E-state index in [0.717, 1.165) is 4.47 Å². The van der Waals surface area contributed by atoms with E-state index in [0.29, 0.717) is 10.7 Å². The summed E-state index contributed by atoms with van der Waals surface area (Å²) in [6, 6.07) is 11.2. The first-order valence-corrected chi connectivity index (χ1v) is 7.65. The van der Waals surface area contributed by atoms with Crippen LogP contribution in [0.25, 0.3) is 11.0 Å². The largest absolute Gasteiger partial charge is 0.506 e. The van der Waals surface area contributed by atoms with E-state index in [1.165, 1.54) is 18.2 Å². The molecule has 3 aromatic rings. The Morgan fingerprint density at radius 1 is 1.17 bits per heavy atom. The lowest BCUT2D eigenvalue weighted by Crippen LogP contribution is -2.21. The maximum absolute atomic E-state index is 12.3. The van der Waals surface area contributed by atoms with Gasteiger partial charge in [-0.1, -0.05) is 27.5 Å². The van der Waals surface area contributed by atoms with Gasteiger partial charge >= 0.3 is 5.63 Å². The molecule has 116 valence electrons. The number of anilines is 1. The molecule has 2 aromatic carbocycles. The van der Waals surface area contributed by atoms with Crippen LogP contribution in [-0.2, 0) is 0 Å². The fourth-order valence-electron chi connectivity index (χ4n) is 2.09. The van der Waals surface area contributed by atoms with Crippen molar-refractivity contribution in [3.8, 4) is 5.75 Å². The van der Waals surface area contributed by atoms with Crippen LogP contribution in [0.5, 0.6) is 5.75 Å². The SMILES string of the molecule is O=C(Nc1ccc(Br)cc1)c1c(O)c2ccc(Cl)cc2oc1=O. The molecule has 1 aromatic heterocycles. The summed E-state index contributed by atoms with van der Waals surface area (Å²) < 4.78 is 5.91. The molecule has 1 heterocycles. The van der Waals surface area contributed by atoms with Gasteiger partial charge < -0.3 is 14.8 Å². The van der Waals surface area contributed by atoms with Crippen molar-refractivity contribution in [3.63, 3.8) is 0 Å². The third-order valence-corrected chi connectivity index (χ3v) is 3.94. The van der Waals surface area contributed by atoms with E-state index in [1.807, 2.05) is 0 Å². The van der Waals surface area contributed by atoms with Crippen molar-refractivity contribution in [1.29, 1.82) is 0 Å². The van der Waals surface area contributed by atoms with Gasteiger partial charge in [0, 0.05) is 21.2 Å². The normalized spacial score (nSPS) is 10.7. The Hall–Kier alpha value is -2.31. The van der Waals surface area contributed by atoms with Gasteiger partial charge in [-0.15, -0.1) is 0 Å². The molecule has 0 saturated heterocycles. The van der Waals surface area contributed by atoms with E-state index in [1.54, 1.807) is 24.3 Å². The number of halogens is 2. The number of hydrogen-bond donors (Lipinski definition) is 2. The first-order chi connectivity index (χ1) is 11.0. The first kappa shape index (κ1) is 15.6. The van der Waals surface area contributed by atoms with Crippen LogP contribution in [0.3, 0.4) is 0 Å². The number of aromatic hydroxyl groups is 1. The second-order valence-corrected chi connectivity index (χ2v) is 6.07. The number of hydrogen-bond acceptors (Lipinski definition) is 4. The molecular formula is C16H9BrClNO4. The molecule has 0 saturated carbocycles. The molecule has 0 radical (unpaired) electrons. The first-order valence-electron chi connectivity index (χ1n) is 6.48. The summed E-state index contributed by atoms with van der Waals surface area (Å²) in [5.74, 6) is -1.20. The zero-order valence-corrected chi connectivity index (χ0v) is 13.8.